The minimum atomic E-state index is -4.61. The first-order valence-electron chi connectivity index (χ1n) is 16.6. The van der Waals surface area contributed by atoms with Crippen molar-refractivity contribution in [1.29, 1.82) is 0 Å². The van der Waals surface area contributed by atoms with E-state index < -0.39 is 33.6 Å². The van der Waals surface area contributed by atoms with Gasteiger partial charge in [-0.25, -0.2) is 32.1 Å². The van der Waals surface area contributed by atoms with Crippen LogP contribution in [0.3, 0.4) is 0 Å². The molecule has 2 heterocycles. The molecule has 12 nitrogen and oxygen atoms in total. The van der Waals surface area contributed by atoms with Gasteiger partial charge in [0.05, 0.1) is 73.2 Å². The first-order chi connectivity index (χ1) is 24.9. The van der Waals surface area contributed by atoms with Crippen LogP contribution in [-0.4, -0.2) is 75.6 Å². The van der Waals surface area contributed by atoms with Gasteiger partial charge in [-0.15, -0.1) is 0 Å². The summed E-state index contributed by atoms with van der Waals surface area (Å²) in [5.74, 6) is 0. The van der Waals surface area contributed by atoms with Gasteiger partial charge in [0.2, 0.25) is 0 Å². The molecule has 5 aromatic rings. The molecule has 0 unspecified atom stereocenters. The number of aromatic nitrogens is 4. The lowest BCUT2D eigenvalue weighted by atomic mass is 9.89. The molecule has 278 valence electrons. The van der Waals surface area contributed by atoms with Crippen molar-refractivity contribution in [2.75, 3.05) is 21.1 Å². The molecule has 0 saturated heterocycles. The molecule has 0 aliphatic heterocycles. The van der Waals surface area contributed by atoms with E-state index in [1.165, 1.54) is 47.3 Å². The van der Waals surface area contributed by atoms with Gasteiger partial charge in [0.15, 0.2) is 5.69 Å². The van der Waals surface area contributed by atoms with Gasteiger partial charge >= 0.3 is 17.9 Å². The molecule has 1 fully saturated rings. The van der Waals surface area contributed by atoms with Gasteiger partial charge in [0, 0.05) is 18.9 Å². The van der Waals surface area contributed by atoms with Crippen molar-refractivity contribution < 1.29 is 35.4 Å². The van der Waals surface area contributed by atoms with Gasteiger partial charge < -0.3 is 14.4 Å². The number of alkyl halides is 3. The summed E-state index contributed by atoms with van der Waals surface area (Å²) in [6.07, 6.45) is 0.208. The van der Waals surface area contributed by atoms with Crippen LogP contribution in [0.1, 0.15) is 36.9 Å². The number of imidazole rings is 1. The maximum atomic E-state index is 14.0. The smallest absolute Gasteiger partial charge is 0.416 e. The van der Waals surface area contributed by atoms with Crippen molar-refractivity contribution in [3.8, 4) is 22.8 Å². The Labute approximate surface area is 304 Å². The molecule has 1 amide bonds. The summed E-state index contributed by atoms with van der Waals surface area (Å²) < 4.78 is 76.1. The zero-order valence-corrected chi connectivity index (χ0v) is 30.2. The van der Waals surface area contributed by atoms with Gasteiger partial charge in [-0.2, -0.15) is 18.3 Å². The molecule has 6 rings (SSSR count). The number of amides is 1. The molecule has 1 aliphatic carbocycles. The molecule has 16 heteroatoms. The summed E-state index contributed by atoms with van der Waals surface area (Å²) in [5.41, 5.74) is 0.159. The van der Waals surface area contributed by atoms with E-state index in [1.54, 1.807) is 43.3 Å². The SMILES string of the molecule is O=S(=O)([O-])c1ccccc1.[C-]#[N+]c1ccc(-n2nccc2-c2c(C)n(-c3cccc(C(F)(F)F)c3)c(=O)n2C(=O)NC2CCC([N+](C)(C)C)CC2)cc1. The van der Waals surface area contributed by atoms with E-state index in [4.69, 9.17) is 6.57 Å². The number of hydrogen-bond donors (Lipinski definition) is 1. The zero-order chi connectivity index (χ0) is 38.7. The number of quaternary nitrogens is 1. The third kappa shape index (κ3) is 8.76. The first-order valence-corrected chi connectivity index (χ1v) is 18.0. The van der Waals surface area contributed by atoms with Crippen molar-refractivity contribution >= 4 is 21.8 Å². The average molecular weight is 750 g/mol. The quantitative estimate of drug-likeness (QED) is 0.119. The number of rotatable bonds is 6. The van der Waals surface area contributed by atoms with Crippen molar-refractivity contribution in [2.24, 2.45) is 0 Å². The lowest BCUT2D eigenvalue weighted by Gasteiger charge is -2.38. The number of carbonyl (C=O) groups excluding carboxylic acids is 1. The predicted molar refractivity (Wildman–Crippen MR) is 191 cm³/mol. The zero-order valence-electron chi connectivity index (χ0n) is 29.4. The maximum absolute atomic E-state index is 14.0. The summed E-state index contributed by atoms with van der Waals surface area (Å²) in [4.78, 5) is 31.1. The minimum Gasteiger partial charge on any atom is -0.744 e. The van der Waals surface area contributed by atoms with Crippen LogP contribution in [-0.2, 0) is 16.3 Å². The highest BCUT2D eigenvalue weighted by atomic mass is 32.2. The summed E-state index contributed by atoms with van der Waals surface area (Å²) in [6, 6.07) is 19.6. The largest absolute Gasteiger partial charge is 0.744 e. The Balaban J connectivity index is 0.000000469. The monoisotopic (exact) mass is 749 g/mol. The Morgan fingerprint density at radius 2 is 1.58 bits per heavy atom. The van der Waals surface area contributed by atoms with E-state index in [9.17, 15) is 35.7 Å². The molecule has 1 saturated carbocycles. The average Bonchev–Trinajstić information content (AvgIpc) is 3.69. The fraction of sp³-hybridized carbons (Fsp3) is 0.297. The highest BCUT2D eigenvalue weighted by Crippen LogP contribution is 2.32. The van der Waals surface area contributed by atoms with E-state index >= 15 is 0 Å². The molecule has 0 radical (unpaired) electrons. The van der Waals surface area contributed by atoms with Crippen LogP contribution >= 0.6 is 0 Å². The standard InChI is InChI=1S/C31H32F3N7O2.C6H6O3S/c1-20-28(27-17-18-36-40(27)24-13-9-22(35-2)10-14-24)39(29(42)37-23-11-15-26(16-12-23)41(3,4)5)30(43)38(20)25-8-6-7-21(19-25)31(32,33)34;7-10(8,9)6-4-2-1-3-5-6/h6-10,13-14,17-19,23,26H,11-12,15-16H2,1,3-5H3;1-5H,(H,7,8,9). The molecule has 0 bridgehead atoms. The van der Waals surface area contributed by atoms with Crippen molar-refractivity contribution in [3.05, 3.63) is 124 Å². The van der Waals surface area contributed by atoms with Crippen LogP contribution in [0.4, 0.5) is 23.7 Å². The second kappa shape index (κ2) is 15.2. The molecule has 2 aromatic heterocycles. The summed E-state index contributed by atoms with van der Waals surface area (Å²) in [6.45, 7) is 8.81. The van der Waals surface area contributed by atoms with Crippen molar-refractivity contribution in [1.82, 2.24) is 24.2 Å². The predicted octanol–water partition coefficient (Wildman–Crippen LogP) is 6.54. The van der Waals surface area contributed by atoms with Gasteiger partial charge in [0.1, 0.15) is 15.8 Å². The van der Waals surface area contributed by atoms with E-state index in [0.717, 1.165) is 51.4 Å². The topological polar surface area (TPSA) is 135 Å². The molecular formula is C37H38F3N7O5S. The second-order valence-electron chi connectivity index (χ2n) is 13.5. The van der Waals surface area contributed by atoms with Gasteiger partial charge in [-0.05, 0) is 68.3 Å². The number of benzene rings is 3. The third-order valence-electron chi connectivity index (χ3n) is 9.18. The van der Waals surface area contributed by atoms with Crippen LogP contribution in [0.5, 0.6) is 0 Å². The number of halogens is 3. The van der Waals surface area contributed by atoms with Crippen LogP contribution in [0, 0.1) is 13.5 Å². The van der Waals surface area contributed by atoms with Gasteiger partial charge in [-0.3, -0.25) is 4.57 Å². The van der Waals surface area contributed by atoms with Crippen LogP contribution in [0.15, 0.2) is 101 Å². The molecular weight excluding hydrogens is 712 g/mol. The van der Waals surface area contributed by atoms with Gasteiger partial charge in [-0.1, -0.05) is 36.4 Å². The molecule has 3 aromatic carbocycles. The van der Waals surface area contributed by atoms with E-state index in [1.807, 2.05) is 0 Å². The van der Waals surface area contributed by atoms with Crippen molar-refractivity contribution in [2.45, 2.75) is 55.8 Å². The maximum Gasteiger partial charge on any atom is 0.416 e. The van der Waals surface area contributed by atoms with Crippen molar-refractivity contribution in [3.63, 3.8) is 0 Å². The van der Waals surface area contributed by atoms with Crippen LogP contribution < -0.4 is 11.0 Å². The van der Waals surface area contributed by atoms with E-state index in [0.29, 0.717) is 23.1 Å². The van der Waals surface area contributed by atoms with Crippen LogP contribution in [0.25, 0.3) is 27.6 Å². The molecule has 53 heavy (non-hydrogen) atoms. The Kier molecular flexibility index (Phi) is 11.1. The molecule has 1 aliphatic rings. The number of nitrogens with one attached hydrogen (secondary N) is 1. The highest BCUT2D eigenvalue weighted by molar-refractivity contribution is 7.85. The lowest BCUT2D eigenvalue weighted by molar-refractivity contribution is -0.897. The summed E-state index contributed by atoms with van der Waals surface area (Å²) in [7, 11) is 2.18. The lowest BCUT2D eigenvalue weighted by Crippen LogP contribution is -2.50. The number of hydrogen-bond acceptors (Lipinski definition) is 6. The molecule has 1 N–H and O–H groups in total. The van der Waals surface area contributed by atoms with E-state index in [-0.39, 0.29) is 28.0 Å². The number of carbonyl (C=O) groups is 1. The fourth-order valence-corrected chi connectivity index (χ4v) is 6.89. The fourth-order valence-electron chi connectivity index (χ4n) is 6.40. The Morgan fingerprint density at radius 3 is 2.13 bits per heavy atom. The minimum absolute atomic E-state index is 0.0129. The third-order valence-corrected chi connectivity index (χ3v) is 10.0. The normalized spacial score (nSPS) is 16.3. The summed E-state index contributed by atoms with van der Waals surface area (Å²) >= 11 is 0. The van der Waals surface area contributed by atoms with E-state index in [2.05, 4.69) is 36.4 Å². The number of nitrogens with zero attached hydrogens (tertiary/aromatic N) is 6. The van der Waals surface area contributed by atoms with Gasteiger partial charge in [0.25, 0.3) is 0 Å². The second-order valence-corrected chi connectivity index (χ2v) is 14.9. The Morgan fingerprint density at radius 1 is 0.943 bits per heavy atom. The summed E-state index contributed by atoms with van der Waals surface area (Å²) in [5, 5.41) is 7.41. The first kappa shape index (κ1) is 38.7. The Hall–Kier alpha value is -5.50. The van der Waals surface area contributed by atoms with Crippen LogP contribution in [0.2, 0.25) is 0 Å². The molecule has 0 spiro atoms. The highest BCUT2D eigenvalue weighted by Gasteiger charge is 2.34. The Bertz CT molecular complexity index is 2290. The molecule has 0 atom stereocenters.